The minimum Gasteiger partial charge on any atom is -0.444 e. The zero-order valence-corrected chi connectivity index (χ0v) is 27.2. The van der Waals surface area contributed by atoms with Crippen LogP contribution in [0.2, 0.25) is 0 Å². The first-order chi connectivity index (χ1) is 21.9. The third-order valence-electron chi connectivity index (χ3n) is 8.42. The molecule has 0 bridgehead atoms. The van der Waals surface area contributed by atoms with Crippen LogP contribution in [-0.4, -0.2) is 87.4 Å². The Balaban J connectivity index is 1.28. The molecule has 5 rings (SSSR count). The predicted molar refractivity (Wildman–Crippen MR) is 167 cm³/mol. The average molecular weight is 641 g/mol. The molecule has 2 aliphatic rings. The average Bonchev–Trinajstić information content (AvgIpc) is 3.66. The highest BCUT2D eigenvalue weighted by Crippen LogP contribution is 2.33. The van der Waals surface area contributed by atoms with Crippen molar-refractivity contribution in [2.45, 2.75) is 84.4 Å². The van der Waals surface area contributed by atoms with Gasteiger partial charge in [-0.1, -0.05) is 12.1 Å². The SMILES string of the molecule is CCc1noc(N2CCC(N(CC)C(=O)c3cnc(N4C[C@H](NC(=O)OC(C)(C)C)[C@@H](c5cc(C)c(F)cc5F)C4)nc3)CC2)n1. The van der Waals surface area contributed by atoms with Crippen molar-refractivity contribution in [1.82, 2.24) is 30.3 Å². The van der Waals surface area contributed by atoms with Gasteiger partial charge in [0, 0.05) is 69.6 Å². The number of carbonyl (C=O) groups excluding carboxylic acids is 2. The van der Waals surface area contributed by atoms with E-state index < -0.39 is 35.3 Å². The van der Waals surface area contributed by atoms with Gasteiger partial charge in [0.05, 0.1) is 11.6 Å². The molecule has 4 heterocycles. The number of nitrogens with one attached hydrogen (secondary N) is 1. The second-order valence-corrected chi connectivity index (χ2v) is 12.8. The molecule has 0 unspecified atom stereocenters. The summed E-state index contributed by atoms with van der Waals surface area (Å²) < 4.78 is 39.9. The van der Waals surface area contributed by atoms with Gasteiger partial charge in [0.15, 0.2) is 5.82 Å². The molecule has 1 N–H and O–H groups in total. The lowest BCUT2D eigenvalue weighted by atomic mass is 9.92. The summed E-state index contributed by atoms with van der Waals surface area (Å²) in [5, 5.41) is 6.83. The summed E-state index contributed by atoms with van der Waals surface area (Å²) in [5.74, 6) is -1.02. The molecule has 12 nitrogen and oxygen atoms in total. The molecule has 3 aromatic rings. The van der Waals surface area contributed by atoms with Crippen LogP contribution in [0.3, 0.4) is 0 Å². The molecule has 2 atom stereocenters. The van der Waals surface area contributed by atoms with Crippen molar-refractivity contribution >= 4 is 24.0 Å². The first kappa shape index (κ1) is 33.0. The van der Waals surface area contributed by atoms with Crippen molar-refractivity contribution in [2.75, 3.05) is 42.5 Å². The molecule has 46 heavy (non-hydrogen) atoms. The van der Waals surface area contributed by atoms with E-state index in [1.165, 1.54) is 18.5 Å². The zero-order chi connectivity index (χ0) is 33.2. The number of hydrogen-bond donors (Lipinski definition) is 1. The van der Waals surface area contributed by atoms with Crippen molar-refractivity contribution in [3.8, 4) is 0 Å². The molecule has 0 spiro atoms. The quantitative estimate of drug-likeness (QED) is 0.372. The molecule has 14 heteroatoms. The topological polar surface area (TPSA) is 130 Å². The summed E-state index contributed by atoms with van der Waals surface area (Å²) in [6, 6.07) is 2.32. The lowest BCUT2D eigenvalue weighted by Gasteiger charge is -2.37. The fourth-order valence-electron chi connectivity index (χ4n) is 6.07. The van der Waals surface area contributed by atoms with Crippen LogP contribution in [0.25, 0.3) is 0 Å². The smallest absolute Gasteiger partial charge is 0.407 e. The van der Waals surface area contributed by atoms with E-state index in [0.717, 1.165) is 18.9 Å². The Labute approximate surface area is 267 Å². The van der Waals surface area contributed by atoms with Crippen molar-refractivity contribution in [3.63, 3.8) is 0 Å². The Hall–Kier alpha value is -4.36. The van der Waals surface area contributed by atoms with Gasteiger partial charge in [-0.05, 0) is 64.7 Å². The number of ether oxygens (including phenoxy) is 1. The molecule has 1 aromatic carbocycles. The van der Waals surface area contributed by atoms with Crippen LogP contribution in [0.5, 0.6) is 0 Å². The monoisotopic (exact) mass is 640 g/mol. The predicted octanol–water partition coefficient (Wildman–Crippen LogP) is 4.64. The second-order valence-electron chi connectivity index (χ2n) is 12.8. The van der Waals surface area contributed by atoms with Crippen molar-refractivity contribution in [2.24, 2.45) is 0 Å². The van der Waals surface area contributed by atoms with E-state index in [1.807, 2.05) is 28.5 Å². The summed E-state index contributed by atoms with van der Waals surface area (Å²) in [6.07, 6.45) is 4.57. The molecule has 0 radical (unpaired) electrons. The molecule has 2 fully saturated rings. The van der Waals surface area contributed by atoms with Crippen LogP contribution in [0.4, 0.5) is 25.5 Å². The largest absolute Gasteiger partial charge is 0.444 e. The first-order valence-electron chi connectivity index (χ1n) is 15.8. The van der Waals surface area contributed by atoms with Gasteiger partial charge < -0.3 is 29.3 Å². The lowest BCUT2D eigenvalue weighted by Crippen LogP contribution is -2.47. The van der Waals surface area contributed by atoms with Gasteiger partial charge in [0.25, 0.3) is 5.91 Å². The van der Waals surface area contributed by atoms with Gasteiger partial charge in [-0.2, -0.15) is 4.98 Å². The Morgan fingerprint density at radius 2 is 1.76 bits per heavy atom. The molecule has 0 aliphatic carbocycles. The number of benzene rings is 1. The maximum Gasteiger partial charge on any atom is 0.407 e. The van der Waals surface area contributed by atoms with Gasteiger partial charge in [-0.15, -0.1) is 0 Å². The van der Waals surface area contributed by atoms with E-state index in [4.69, 9.17) is 9.26 Å². The Morgan fingerprint density at radius 1 is 1.07 bits per heavy atom. The number of hydrogen-bond acceptors (Lipinski definition) is 10. The van der Waals surface area contributed by atoms with Gasteiger partial charge in [0.1, 0.15) is 17.2 Å². The van der Waals surface area contributed by atoms with Crippen LogP contribution >= 0.6 is 0 Å². The minimum atomic E-state index is -0.725. The lowest BCUT2D eigenvalue weighted by molar-refractivity contribution is 0.0504. The van der Waals surface area contributed by atoms with Gasteiger partial charge in [-0.25, -0.2) is 23.5 Å². The van der Waals surface area contributed by atoms with Crippen LogP contribution in [0.1, 0.15) is 80.7 Å². The number of halogens is 2. The fourth-order valence-corrected chi connectivity index (χ4v) is 6.07. The van der Waals surface area contributed by atoms with E-state index in [9.17, 15) is 14.0 Å². The highest BCUT2D eigenvalue weighted by Gasteiger charge is 2.39. The van der Waals surface area contributed by atoms with Crippen molar-refractivity contribution < 1.29 is 27.6 Å². The highest BCUT2D eigenvalue weighted by atomic mass is 19.1. The maximum absolute atomic E-state index is 15.0. The fraction of sp³-hybridized carbons (Fsp3) is 0.562. The summed E-state index contributed by atoms with van der Waals surface area (Å²) in [5.41, 5.74) is 0.217. The third-order valence-corrected chi connectivity index (χ3v) is 8.42. The Kier molecular flexibility index (Phi) is 9.73. The molecule has 0 saturated carbocycles. The summed E-state index contributed by atoms with van der Waals surface area (Å²) >= 11 is 0. The van der Waals surface area contributed by atoms with Crippen molar-refractivity contribution in [3.05, 3.63) is 58.7 Å². The Morgan fingerprint density at radius 3 is 2.37 bits per heavy atom. The van der Waals surface area contributed by atoms with Crippen LogP contribution in [-0.2, 0) is 11.2 Å². The number of carbonyl (C=O) groups is 2. The van der Waals surface area contributed by atoms with Crippen LogP contribution in [0.15, 0.2) is 29.0 Å². The summed E-state index contributed by atoms with van der Waals surface area (Å²) in [6.45, 7) is 13.2. The molecule has 248 valence electrons. The van der Waals surface area contributed by atoms with Crippen molar-refractivity contribution in [1.29, 1.82) is 0 Å². The van der Waals surface area contributed by atoms with Crippen LogP contribution in [0, 0.1) is 18.6 Å². The van der Waals surface area contributed by atoms with Gasteiger partial charge in [0.2, 0.25) is 5.95 Å². The third kappa shape index (κ3) is 7.37. The number of amides is 2. The Bertz CT molecular complexity index is 1540. The number of nitrogens with zero attached hydrogens (tertiary/aromatic N) is 7. The maximum atomic E-state index is 15.0. The highest BCUT2D eigenvalue weighted by molar-refractivity contribution is 5.94. The standard InChI is InChI=1S/C32H42F2N8O4/c1-7-27-38-30(46-39-27)40-11-9-21(10-12-40)42(8-2)28(43)20-15-35-29(36-16-20)41-17-23(22-13-19(3)24(33)14-25(22)34)26(18-41)37-31(44)45-32(4,5)6/h13-16,21,23,26H,7-12,17-18H2,1-6H3,(H,37,44)/t23-,26+/m1/s1. The first-order valence-corrected chi connectivity index (χ1v) is 15.8. The summed E-state index contributed by atoms with van der Waals surface area (Å²) in [7, 11) is 0. The number of alkyl carbamates (subject to hydrolysis) is 1. The molecular formula is C32H42F2N8O4. The van der Waals surface area contributed by atoms with E-state index in [1.54, 1.807) is 27.7 Å². The summed E-state index contributed by atoms with van der Waals surface area (Å²) in [4.78, 5) is 45.4. The molecule has 2 amide bonds. The van der Waals surface area contributed by atoms with Crippen LogP contribution < -0.4 is 15.1 Å². The molecular weight excluding hydrogens is 598 g/mol. The van der Waals surface area contributed by atoms with E-state index in [0.29, 0.717) is 55.0 Å². The molecule has 2 aliphatic heterocycles. The second kappa shape index (κ2) is 13.6. The normalized spacial score (nSPS) is 19.0. The van der Waals surface area contributed by atoms with E-state index >= 15 is 4.39 Å². The van der Waals surface area contributed by atoms with E-state index in [2.05, 4.69) is 25.4 Å². The minimum absolute atomic E-state index is 0.0371. The van der Waals surface area contributed by atoms with Gasteiger partial charge >= 0.3 is 12.1 Å². The number of aromatic nitrogens is 4. The number of piperidine rings is 1. The number of anilines is 2. The number of aryl methyl sites for hydroxylation is 2. The molecule has 2 saturated heterocycles. The number of rotatable bonds is 8. The van der Waals surface area contributed by atoms with E-state index in [-0.39, 0.29) is 30.6 Å². The van der Waals surface area contributed by atoms with Gasteiger partial charge in [-0.3, -0.25) is 4.79 Å². The zero-order valence-electron chi connectivity index (χ0n) is 27.2. The molecule has 2 aromatic heterocycles.